The van der Waals surface area contributed by atoms with Crippen molar-refractivity contribution in [2.24, 2.45) is 0 Å². The Morgan fingerprint density at radius 3 is 3.00 bits per heavy atom. The molecule has 5 nitrogen and oxygen atoms in total. The fourth-order valence-electron chi connectivity index (χ4n) is 3.94. The van der Waals surface area contributed by atoms with Gasteiger partial charge in [-0.15, -0.1) is 11.3 Å². The molecule has 2 aromatic rings. The molecule has 0 radical (unpaired) electrons. The minimum atomic E-state index is -0.285. The van der Waals surface area contributed by atoms with Gasteiger partial charge in [0.2, 0.25) is 5.91 Å². The number of halogens is 1. The lowest BCUT2D eigenvalue weighted by Crippen LogP contribution is -2.57. The van der Waals surface area contributed by atoms with Crippen LogP contribution >= 0.6 is 11.3 Å². The number of carbonyl (C=O) groups excluding carboxylic acids is 2. The van der Waals surface area contributed by atoms with Gasteiger partial charge in [0.05, 0.1) is 11.4 Å². The molecular weight excluding hydrogens is 353 g/mol. The van der Waals surface area contributed by atoms with E-state index >= 15 is 0 Å². The number of likely N-dealkylation sites (tertiary alicyclic amines) is 1. The predicted octanol–water partition coefficient (Wildman–Crippen LogP) is 2.39. The van der Waals surface area contributed by atoms with Crippen molar-refractivity contribution < 1.29 is 14.0 Å². The van der Waals surface area contributed by atoms with Gasteiger partial charge in [-0.05, 0) is 48.9 Å². The lowest BCUT2D eigenvalue weighted by molar-refractivity contribution is -0.135. The quantitative estimate of drug-likeness (QED) is 0.877. The van der Waals surface area contributed by atoms with Crippen LogP contribution in [0.4, 0.5) is 4.39 Å². The van der Waals surface area contributed by atoms with E-state index in [-0.39, 0.29) is 23.7 Å². The van der Waals surface area contributed by atoms with Gasteiger partial charge in [-0.1, -0.05) is 0 Å². The Morgan fingerprint density at radius 1 is 1.35 bits per heavy atom. The summed E-state index contributed by atoms with van der Waals surface area (Å²) < 4.78 is 14.5. The lowest BCUT2D eigenvalue weighted by Gasteiger charge is -2.41. The van der Waals surface area contributed by atoms with Gasteiger partial charge in [0, 0.05) is 36.9 Å². The zero-order chi connectivity index (χ0) is 18.3. The molecule has 138 valence electrons. The molecule has 2 amide bonds. The van der Waals surface area contributed by atoms with E-state index in [4.69, 9.17) is 0 Å². The summed E-state index contributed by atoms with van der Waals surface area (Å²) in [7, 11) is 0. The number of hydrogen-bond acceptors (Lipinski definition) is 4. The lowest BCUT2D eigenvalue weighted by atomic mass is 10.0. The summed E-state index contributed by atoms with van der Waals surface area (Å²) in [5, 5.41) is 3.90. The fourth-order valence-corrected chi connectivity index (χ4v) is 5.10. The van der Waals surface area contributed by atoms with E-state index in [1.165, 1.54) is 23.5 Å². The number of aryl methyl sites for hydroxylation is 1. The Kier molecular flexibility index (Phi) is 4.67. The van der Waals surface area contributed by atoms with Crippen LogP contribution in [-0.2, 0) is 4.79 Å². The van der Waals surface area contributed by atoms with Crippen molar-refractivity contribution in [2.45, 2.75) is 25.8 Å². The number of thiophene rings is 1. The summed E-state index contributed by atoms with van der Waals surface area (Å²) in [4.78, 5) is 29.7. The molecule has 0 saturated carbocycles. The van der Waals surface area contributed by atoms with Gasteiger partial charge in [-0.25, -0.2) is 4.39 Å². The number of nitrogens with zero attached hydrogens (tertiary/aromatic N) is 2. The smallest absolute Gasteiger partial charge is 0.264 e. The molecule has 26 heavy (non-hydrogen) atoms. The maximum Gasteiger partial charge on any atom is 0.264 e. The number of fused-ring (bicyclic) bond motifs is 1. The van der Waals surface area contributed by atoms with Gasteiger partial charge < -0.3 is 15.1 Å². The van der Waals surface area contributed by atoms with Crippen molar-refractivity contribution in [3.8, 4) is 0 Å². The van der Waals surface area contributed by atoms with Crippen LogP contribution in [0.3, 0.4) is 0 Å². The van der Waals surface area contributed by atoms with E-state index in [9.17, 15) is 14.0 Å². The molecule has 1 N–H and O–H groups in total. The molecule has 0 spiro atoms. The average molecular weight is 375 g/mol. The second-order valence-corrected chi connectivity index (χ2v) is 8.06. The summed E-state index contributed by atoms with van der Waals surface area (Å²) in [5.74, 6) is -0.173. The standard InChI is InChI=1S/C19H22FN3O2S/c1-12-15-9-13(20)4-5-16(15)26-18(12)19(25)22-7-2-3-14(11-22)23-8-6-21-10-17(23)24/h4-5,9,14,21H,2-3,6-8,10-11H2,1H3. The molecule has 1 aromatic carbocycles. The topological polar surface area (TPSA) is 52.7 Å². The minimum Gasteiger partial charge on any atom is -0.336 e. The number of piperidine rings is 1. The zero-order valence-corrected chi connectivity index (χ0v) is 15.6. The Bertz CT molecular complexity index is 866. The van der Waals surface area contributed by atoms with Gasteiger partial charge in [-0.2, -0.15) is 0 Å². The van der Waals surface area contributed by atoms with Crippen molar-refractivity contribution in [1.82, 2.24) is 15.1 Å². The Balaban J connectivity index is 1.56. The van der Waals surface area contributed by atoms with Gasteiger partial charge in [0.1, 0.15) is 5.82 Å². The first-order valence-electron chi connectivity index (χ1n) is 9.02. The number of benzene rings is 1. The van der Waals surface area contributed by atoms with E-state index in [1.54, 1.807) is 6.07 Å². The van der Waals surface area contributed by atoms with Crippen molar-refractivity contribution in [2.75, 3.05) is 32.7 Å². The first-order valence-corrected chi connectivity index (χ1v) is 9.84. The minimum absolute atomic E-state index is 0.00334. The summed E-state index contributed by atoms with van der Waals surface area (Å²) in [5.41, 5.74) is 0.842. The number of piperazine rings is 1. The van der Waals surface area contributed by atoms with E-state index in [2.05, 4.69) is 5.32 Å². The first kappa shape index (κ1) is 17.4. The SMILES string of the molecule is Cc1c(C(=O)N2CCCC(N3CCNCC3=O)C2)sc2ccc(F)cc12. The van der Waals surface area contributed by atoms with Gasteiger partial charge >= 0.3 is 0 Å². The van der Waals surface area contributed by atoms with Crippen LogP contribution in [0.1, 0.15) is 28.1 Å². The van der Waals surface area contributed by atoms with Crippen LogP contribution in [0.15, 0.2) is 18.2 Å². The maximum absolute atomic E-state index is 13.5. The fraction of sp³-hybridized carbons (Fsp3) is 0.474. The first-order chi connectivity index (χ1) is 12.5. The van der Waals surface area contributed by atoms with E-state index in [1.807, 2.05) is 16.7 Å². The molecule has 2 aliphatic heterocycles. The normalized spacial score (nSPS) is 21.5. The third kappa shape index (κ3) is 3.10. The highest BCUT2D eigenvalue weighted by Crippen LogP contribution is 2.33. The summed E-state index contributed by atoms with van der Waals surface area (Å²) in [6.45, 7) is 5.05. The number of hydrogen-bond donors (Lipinski definition) is 1. The van der Waals surface area contributed by atoms with E-state index in [0.29, 0.717) is 31.1 Å². The number of nitrogens with one attached hydrogen (secondary N) is 1. The molecule has 0 bridgehead atoms. The van der Waals surface area contributed by atoms with Gasteiger partial charge in [-0.3, -0.25) is 9.59 Å². The number of rotatable bonds is 2. The van der Waals surface area contributed by atoms with Crippen LogP contribution in [0, 0.1) is 12.7 Å². The Hall–Kier alpha value is -1.99. The molecule has 4 rings (SSSR count). The molecule has 3 heterocycles. The van der Waals surface area contributed by atoms with Crippen LogP contribution in [0.5, 0.6) is 0 Å². The number of carbonyl (C=O) groups is 2. The molecule has 2 saturated heterocycles. The Labute approximate surface area is 155 Å². The second kappa shape index (κ2) is 6.96. The average Bonchev–Trinajstić information content (AvgIpc) is 2.98. The van der Waals surface area contributed by atoms with Crippen molar-refractivity contribution in [3.05, 3.63) is 34.5 Å². The highest BCUT2D eigenvalue weighted by atomic mass is 32.1. The maximum atomic E-state index is 13.5. The summed E-state index contributed by atoms with van der Waals surface area (Å²) in [6, 6.07) is 4.75. The molecule has 1 aromatic heterocycles. The summed E-state index contributed by atoms with van der Waals surface area (Å²) in [6.07, 6.45) is 1.83. The van der Waals surface area contributed by atoms with Gasteiger partial charge in [0.25, 0.3) is 5.91 Å². The molecular formula is C19H22FN3O2S. The zero-order valence-electron chi connectivity index (χ0n) is 14.8. The highest BCUT2D eigenvalue weighted by molar-refractivity contribution is 7.21. The predicted molar refractivity (Wildman–Crippen MR) is 100 cm³/mol. The molecule has 2 aliphatic rings. The highest BCUT2D eigenvalue weighted by Gasteiger charge is 2.32. The Morgan fingerprint density at radius 2 is 2.19 bits per heavy atom. The molecule has 1 atom stereocenters. The third-order valence-electron chi connectivity index (χ3n) is 5.34. The van der Waals surface area contributed by atoms with E-state index in [0.717, 1.165) is 35.0 Å². The molecule has 2 fully saturated rings. The largest absolute Gasteiger partial charge is 0.336 e. The van der Waals surface area contributed by atoms with Crippen LogP contribution in [0.2, 0.25) is 0 Å². The van der Waals surface area contributed by atoms with Crippen LogP contribution in [0.25, 0.3) is 10.1 Å². The van der Waals surface area contributed by atoms with Crippen molar-refractivity contribution in [3.63, 3.8) is 0 Å². The van der Waals surface area contributed by atoms with Crippen LogP contribution < -0.4 is 5.32 Å². The number of amides is 2. The second-order valence-electron chi connectivity index (χ2n) is 7.01. The van der Waals surface area contributed by atoms with E-state index < -0.39 is 0 Å². The summed E-state index contributed by atoms with van der Waals surface area (Å²) >= 11 is 1.42. The molecule has 1 unspecified atom stereocenters. The van der Waals surface area contributed by atoms with Gasteiger partial charge in [0.15, 0.2) is 0 Å². The van der Waals surface area contributed by atoms with Crippen molar-refractivity contribution in [1.29, 1.82) is 0 Å². The molecule has 0 aliphatic carbocycles. The monoisotopic (exact) mass is 375 g/mol. The molecule has 7 heteroatoms. The van der Waals surface area contributed by atoms with Crippen LogP contribution in [-0.4, -0.2) is 60.4 Å². The third-order valence-corrected chi connectivity index (χ3v) is 6.60. The van der Waals surface area contributed by atoms with Crippen molar-refractivity contribution >= 4 is 33.2 Å².